The minimum atomic E-state index is -3.90. The third kappa shape index (κ3) is 9.41. The van der Waals surface area contributed by atoms with Crippen molar-refractivity contribution in [3.8, 4) is 5.75 Å². The molecule has 240 valence electrons. The van der Waals surface area contributed by atoms with E-state index in [0.29, 0.717) is 0 Å². The molecule has 0 bridgehead atoms. The zero-order chi connectivity index (χ0) is 32.8. The van der Waals surface area contributed by atoms with E-state index in [-0.39, 0.29) is 21.7 Å². The minimum Gasteiger partial charge on any atom is -0.463 e. The first kappa shape index (κ1) is 34.3. The molecule has 0 radical (unpaired) electrons. The van der Waals surface area contributed by atoms with Crippen molar-refractivity contribution in [3.63, 3.8) is 0 Å². The number of anilines is 1. The molecule has 13 nitrogen and oxygen atoms in total. The lowest BCUT2D eigenvalue weighted by atomic mass is 9.87. The topological polar surface area (TPSA) is 170 Å². The molecule has 44 heavy (non-hydrogen) atoms. The van der Waals surface area contributed by atoms with Gasteiger partial charge in [-0.05, 0) is 47.4 Å². The van der Waals surface area contributed by atoms with Gasteiger partial charge in [-0.2, -0.15) is 0 Å². The fraction of sp³-hybridized carbons (Fsp3) is 0.467. The van der Waals surface area contributed by atoms with Gasteiger partial charge >= 0.3 is 23.9 Å². The Kier molecular flexibility index (Phi) is 11.0. The van der Waals surface area contributed by atoms with Crippen molar-refractivity contribution in [2.24, 2.45) is 0 Å². The Balaban J connectivity index is 1.86. The lowest BCUT2D eigenvalue weighted by molar-refractivity contribution is -0.288. The molecular formula is C30H37NO12S. The summed E-state index contributed by atoms with van der Waals surface area (Å²) in [6, 6.07) is 12.4. The third-order valence-corrected chi connectivity index (χ3v) is 7.73. The summed E-state index contributed by atoms with van der Waals surface area (Å²) >= 11 is 0. The number of carbonyl (C=O) groups excluding carboxylic acids is 4. The number of benzene rings is 2. The Morgan fingerprint density at radius 1 is 0.750 bits per heavy atom. The summed E-state index contributed by atoms with van der Waals surface area (Å²) in [5.41, 5.74) is 1.08. The van der Waals surface area contributed by atoms with Crippen LogP contribution in [-0.4, -0.2) is 69.6 Å². The van der Waals surface area contributed by atoms with E-state index in [2.05, 4.69) is 4.72 Å². The second-order valence-corrected chi connectivity index (χ2v) is 12.8. The van der Waals surface area contributed by atoms with Crippen molar-refractivity contribution in [1.82, 2.24) is 0 Å². The number of ether oxygens (including phenoxy) is 6. The van der Waals surface area contributed by atoms with Gasteiger partial charge in [-0.1, -0.05) is 32.9 Å². The van der Waals surface area contributed by atoms with Gasteiger partial charge in [0.25, 0.3) is 10.0 Å². The summed E-state index contributed by atoms with van der Waals surface area (Å²) in [7, 11) is -3.90. The Morgan fingerprint density at radius 2 is 1.27 bits per heavy atom. The molecule has 1 N–H and O–H groups in total. The normalized spacial score (nSPS) is 21.8. The molecule has 14 heteroatoms. The van der Waals surface area contributed by atoms with Crippen LogP contribution in [0.25, 0.3) is 0 Å². The van der Waals surface area contributed by atoms with E-state index in [1.165, 1.54) is 43.3 Å². The van der Waals surface area contributed by atoms with Crippen LogP contribution in [0.15, 0.2) is 53.4 Å². The van der Waals surface area contributed by atoms with Crippen LogP contribution >= 0.6 is 0 Å². The second-order valence-electron chi connectivity index (χ2n) is 11.1. The molecular weight excluding hydrogens is 598 g/mol. The summed E-state index contributed by atoms with van der Waals surface area (Å²) in [6.45, 7) is 10.2. The third-order valence-electron chi connectivity index (χ3n) is 6.34. The Morgan fingerprint density at radius 3 is 1.77 bits per heavy atom. The van der Waals surface area contributed by atoms with E-state index in [4.69, 9.17) is 28.4 Å². The highest BCUT2D eigenvalue weighted by molar-refractivity contribution is 7.92. The molecule has 5 atom stereocenters. The van der Waals surface area contributed by atoms with Gasteiger partial charge in [0, 0.05) is 33.4 Å². The predicted molar refractivity (Wildman–Crippen MR) is 155 cm³/mol. The average Bonchev–Trinajstić information content (AvgIpc) is 2.90. The van der Waals surface area contributed by atoms with Crippen LogP contribution < -0.4 is 9.46 Å². The van der Waals surface area contributed by atoms with Crippen molar-refractivity contribution in [1.29, 1.82) is 0 Å². The highest BCUT2D eigenvalue weighted by Gasteiger charge is 2.53. The van der Waals surface area contributed by atoms with Crippen LogP contribution in [0.1, 0.15) is 54.0 Å². The maximum atomic E-state index is 13.0. The monoisotopic (exact) mass is 635 g/mol. The molecule has 2 aromatic rings. The number of hydrogen-bond acceptors (Lipinski definition) is 12. The maximum Gasteiger partial charge on any atom is 0.303 e. The molecule has 0 aromatic heterocycles. The molecule has 1 aliphatic heterocycles. The molecule has 2 aromatic carbocycles. The average molecular weight is 636 g/mol. The van der Waals surface area contributed by atoms with Crippen molar-refractivity contribution < 1.29 is 56.0 Å². The smallest absolute Gasteiger partial charge is 0.303 e. The minimum absolute atomic E-state index is 0.0864. The summed E-state index contributed by atoms with van der Waals surface area (Å²) in [4.78, 5) is 47.5. The van der Waals surface area contributed by atoms with E-state index < -0.39 is 71.2 Å². The van der Waals surface area contributed by atoms with Crippen LogP contribution in [-0.2, 0) is 58.3 Å². The molecule has 0 unspecified atom stereocenters. The number of hydrogen-bond donors (Lipinski definition) is 1. The van der Waals surface area contributed by atoms with E-state index in [1.807, 2.05) is 20.8 Å². The zero-order valence-corrected chi connectivity index (χ0v) is 26.3. The summed E-state index contributed by atoms with van der Waals surface area (Å²) < 4.78 is 61.5. The number of nitrogens with one attached hydrogen (secondary N) is 1. The maximum absolute atomic E-state index is 13.0. The van der Waals surface area contributed by atoms with E-state index in [9.17, 15) is 27.6 Å². The summed E-state index contributed by atoms with van der Waals surface area (Å²) in [5.74, 6) is -2.80. The van der Waals surface area contributed by atoms with Gasteiger partial charge in [0.2, 0.25) is 12.4 Å². The fourth-order valence-electron chi connectivity index (χ4n) is 4.37. The lowest BCUT2D eigenvalue weighted by Gasteiger charge is -2.43. The van der Waals surface area contributed by atoms with E-state index >= 15 is 0 Å². The van der Waals surface area contributed by atoms with Gasteiger partial charge < -0.3 is 28.4 Å². The number of esters is 4. The SMILES string of the molecule is CC(=O)OC[C@H]1O[C@H](Oc2ccc(NS(=O)(=O)c3ccc(C(C)(C)C)cc3)cc2)[C@H](OC(C)=O)[C@@H](OC(C)=O)[C@@H]1OC(C)=O. The quantitative estimate of drug-likeness (QED) is 0.299. The molecule has 1 heterocycles. The summed E-state index contributed by atoms with van der Waals surface area (Å²) in [5, 5.41) is 0. The standard InChI is InChI=1S/C30H37NO12S/c1-17(32)38-16-25-26(39-18(2)33)27(40-19(3)34)28(41-20(4)35)29(43-25)42-23-12-10-22(11-13-23)31-44(36,37)24-14-8-21(9-15-24)30(5,6)7/h8-15,25-29,31H,16H2,1-7H3/t25-,26-,27+,28-,29+/m1/s1. The highest BCUT2D eigenvalue weighted by atomic mass is 32.2. The van der Waals surface area contributed by atoms with Gasteiger partial charge in [-0.3, -0.25) is 23.9 Å². The van der Waals surface area contributed by atoms with Gasteiger partial charge in [0.05, 0.1) is 4.90 Å². The molecule has 1 aliphatic rings. The largest absolute Gasteiger partial charge is 0.463 e. The Hall–Kier alpha value is -4.17. The van der Waals surface area contributed by atoms with Gasteiger partial charge in [-0.25, -0.2) is 8.42 Å². The molecule has 0 saturated carbocycles. The zero-order valence-electron chi connectivity index (χ0n) is 25.5. The molecule has 1 fully saturated rings. The van der Waals surface area contributed by atoms with E-state index in [1.54, 1.807) is 12.1 Å². The van der Waals surface area contributed by atoms with E-state index in [0.717, 1.165) is 26.3 Å². The molecule has 0 amide bonds. The predicted octanol–water partition coefficient (Wildman–Crippen LogP) is 3.25. The Bertz CT molecular complexity index is 1450. The lowest BCUT2D eigenvalue weighted by Crippen LogP contribution is -2.63. The Labute approximate surface area is 256 Å². The van der Waals surface area contributed by atoms with Gasteiger partial charge in [0.1, 0.15) is 18.5 Å². The van der Waals surface area contributed by atoms with Gasteiger partial charge in [0.15, 0.2) is 12.2 Å². The van der Waals surface area contributed by atoms with Crippen molar-refractivity contribution in [2.75, 3.05) is 11.3 Å². The first-order valence-corrected chi connectivity index (χ1v) is 15.1. The first-order valence-electron chi connectivity index (χ1n) is 13.7. The second kappa shape index (κ2) is 14.1. The van der Waals surface area contributed by atoms with Crippen molar-refractivity contribution in [2.45, 2.75) is 89.5 Å². The molecule has 1 saturated heterocycles. The van der Waals surface area contributed by atoms with Crippen LogP contribution in [0.3, 0.4) is 0 Å². The summed E-state index contributed by atoms with van der Waals surface area (Å²) in [6.07, 6.45) is -6.74. The first-order chi connectivity index (χ1) is 20.5. The van der Waals surface area contributed by atoms with Crippen molar-refractivity contribution in [3.05, 3.63) is 54.1 Å². The molecule has 0 spiro atoms. The number of carbonyl (C=O) groups is 4. The van der Waals surface area contributed by atoms with Gasteiger partial charge in [-0.15, -0.1) is 0 Å². The van der Waals surface area contributed by atoms with Crippen LogP contribution in [0.5, 0.6) is 5.75 Å². The van der Waals surface area contributed by atoms with Crippen LogP contribution in [0, 0.1) is 0 Å². The number of rotatable bonds is 10. The number of sulfonamides is 1. The van der Waals surface area contributed by atoms with Crippen molar-refractivity contribution >= 4 is 39.6 Å². The fourth-order valence-corrected chi connectivity index (χ4v) is 5.43. The van der Waals surface area contributed by atoms with Crippen LogP contribution in [0.4, 0.5) is 5.69 Å². The highest BCUT2D eigenvalue weighted by Crippen LogP contribution is 2.32. The molecule has 3 rings (SSSR count). The molecule has 0 aliphatic carbocycles. The van der Waals surface area contributed by atoms with Crippen LogP contribution in [0.2, 0.25) is 0 Å².